The van der Waals surface area contributed by atoms with Gasteiger partial charge in [0.1, 0.15) is 0 Å². The molecule has 6 heteroatoms. The summed E-state index contributed by atoms with van der Waals surface area (Å²) in [5.41, 5.74) is 0. The van der Waals surface area contributed by atoms with Crippen molar-refractivity contribution in [2.45, 2.75) is 25.0 Å². The number of hydrogen-bond donors (Lipinski definition) is 3. The molecule has 0 bridgehead atoms. The Morgan fingerprint density at radius 3 is 2.33 bits per heavy atom. The van der Waals surface area contributed by atoms with Crippen molar-refractivity contribution in [3.63, 3.8) is 0 Å². The van der Waals surface area contributed by atoms with Crippen molar-refractivity contribution >= 4 is 7.60 Å². The maximum atomic E-state index is 10.5. The van der Waals surface area contributed by atoms with Crippen LogP contribution in [0, 0.1) is 0 Å². The van der Waals surface area contributed by atoms with Crippen LogP contribution >= 0.6 is 7.60 Å². The Morgan fingerprint density at radius 2 is 1.92 bits per heavy atom. The summed E-state index contributed by atoms with van der Waals surface area (Å²) in [5, 5.41) is 8.66. The topological polar surface area (TPSA) is 87.0 Å². The van der Waals surface area contributed by atoms with E-state index in [1.807, 2.05) is 0 Å². The zero-order valence-corrected chi connectivity index (χ0v) is 7.48. The first kappa shape index (κ1) is 10.2. The van der Waals surface area contributed by atoms with Crippen molar-refractivity contribution in [1.29, 1.82) is 0 Å². The van der Waals surface area contributed by atoms with Gasteiger partial charge in [-0.25, -0.2) is 0 Å². The minimum Gasteiger partial charge on any atom is -0.394 e. The van der Waals surface area contributed by atoms with Gasteiger partial charge in [0.15, 0.2) is 0 Å². The van der Waals surface area contributed by atoms with Gasteiger partial charge in [-0.05, 0) is 12.8 Å². The molecule has 72 valence electrons. The lowest BCUT2D eigenvalue weighted by atomic mass is 10.2. The molecule has 0 radical (unpaired) electrons. The van der Waals surface area contributed by atoms with E-state index in [9.17, 15) is 4.57 Å². The van der Waals surface area contributed by atoms with Gasteiger partial charge in [0, 0.05) is 0 Å². The van der Waals surface area contributed by atoms with E-state index in [1.165, 1.54) is 0 Å². The Morgan fingerprint density at radius 1 is 1.33 bits per heavy atom. The van der Waals surface area contributed by atoms with E-state index in [0.717, 1.165) is 0 Å². The van der Waals surface area contributed by atoms with Gasteiger partial charge in [0.25, 0.3) is 0 Å². The average Bonchev–Trinajstić information content (AvgIpc) is 2.32. The summed E-state index contributed by atoms with van der Waals surface area (Å²) in [6.07, 6.45) is 0.450. The molecule has 0 aromatic rings. The summed E-state index contributed by atoms with van der Waals surface area (Å²) in [5.74, 6) is 0. The molecule has 1 heterocycles. The van der Waals surface area contributed by atoms with E-state index in [2.05, 4.69) is 0 Å². The molecule has 1 saturated heterocycles. The highest BCUT2D eigenvalue weighted by Crippen LogP contribution is 2.38. The van der Waals surface area contributed by atoms with Crippen molar-refractivity contribution in [1.82, 2.24) is 0 Å². The van der Waals surface area contributed by atoms with Crippen molar-refractivity contribution in [2.24, 2.45) is 0 Å². The normalized spacial score (nSPS) is 30.9. The molecule has 0 aliphatic carbocycles. The Labute approximate surface area is 70.5 Å². The van der Waals surface area contributed by atoms with Crippen LogP contribution in [0.2, 0.25) is 0 Å². The van der Waals surface area contributed by atoms with E-state index in [-0.39, 0.29) is 25.0 Å². The van der Waals surface area contributed by atoms with Crippen LogP contribution in [0.3, 0.4) is 0 Å². The molecule has 0 aromatic carbocycles. The molecule has 0 spiro atoms. The summed E-state index contributed by atoms with van der Waals surface area (Å²) in [4.78, 5) is 17.2. The van der Waals surface area contributed by atoms with Gasteiger partial charge in [0.05, 0.1) is 25.0 Å². The molecular formula is C6H13O5P. The van der Waals surface area contributed by atoms with E-state index in [0.29, 0.717) is 12.8 Å². The van der Waals surface area contributed by atoms with E-state index < -0.39 is 7.60 Å². The number of hydrogen-bond acceptors (Lipinski definition) is 3. The fourth-order valence-electron chi connectivity index (χ4n) is 1.31. The van der Waals surface area contributed by atoms with E-state index >= 15 is 0 Å². The van der Waals surface area contributed by atoms with E-state index in [4.69, 9.17) is 19.6 Å². The van der Waals surface area contributed by atoms with Crippen molar-refractivity contribution in [3.05, 3.63) is 0 Å². The second-order valence-electron chi connectivity index (χ2n) is 2.99. The number of ether oxygens (including phenoxy) is 1. The summed E-state index contributed by atoms with van der Waals surface area (Å²) in [7, 11) is -3.96. The molecule has 2 atom stereocenters. The third-order valence-corrected chi connectivity index (χ3v) is 2.72. The first-order valence-corrected chi connectivity index (χ1v) is 5.62. The molecule has 0 amide bonds. The van der Waals surface area contributed by atoms with Crippen LogP contribution in [0.15, 0.2) is 0 Å². The van der Waals surface area contributed by atoms with Gasteiger partial charge in [-0.15, -0.1) is 0 Å². The predicted octanol–water partition coefficient (Wildman–Crippen LogP) is -0.296. The number of aliphatic hydroxyl groups is 1. The monoisotopic (exact) mass is 196 g/mol. The molecule has 5 nitrogen and oxygen atoms in total. The lowest BCUT2D eigenvalue weighted by Crippen LogP contribution is -2.17. The van der Waals surface area contributed by atoms with Crippen LogP contribution in [0.5, 0.6) is 0 Å². The molecule has 1 fully saturated rings. The number of aliphatic hydroxyl groups excluding tert-OH is 1. The highest BCUT2D eigenvalue weighted by molar-refractivity contribution is 7.51. The highest BCUT2D eigenvalue weighted by Gasteiger charge is 2.30. The van der Waals surface area contributed by atoms with Crippen LogP contribution in [0.1, 0.15) is 12.8 Å². The number of rotatable bonds is 3. The first-order valence-electron chi connectivity index (χ1n) is 3.82. The van der Waals surface area contributed by atoms with Crippen LogP contribution in [0.4, 0.5) is 0 Å². The lowest BCUT2D eigenvalue weighted by Gasteiger charge is -2.12. The standard InChI is InChI=1S/C6H13O5P/c7-3-5-1-2-6(11-5)4-12(8,9)10/h5-7H,1-4H2,(H2,8,9,10)/t5-,6+/m1/s1. The second kappa shape index (κ2) is 3.85. The van der Waals surface area contributed by atoms with Crippen LogP contribution < -0.4 is 0 Å². The summed E-state index contributed by atoms with van der Waals surface area (Å²) < 4.78 is 15.7. The first-order chi connectivity index (χ1) is 5.51. The van der Waals surface area contributed by atoms with Gasteiger partial charge in [0.2, 0.25) is 0 Å². The zero-order valence-electron chi connectivity index (χ0n) is 6.59. The van der Waals surface area contributed by atoms with Crippen LogP contribution in [0.25, 0.3) is 0 Å². The quantitative estimate of drug-likeness (QED) is 0.539. The largest absolute Gasteiger partial charge is 0.394 e. The molecular weight excluding hydrogens is 183 g/mol. The summed E-state index contributed by atoms with van der Waals surface area (Å²) >= 11 is 0. The molecule has 0 saturated carbocycles. The third kappa shape index (κ3) is 3.21. The Balaban J connectivity index is 2.33. The Hall–Kier alpha value is 0.0700. The van der Waals surface area contributed by atoms with Crippen molar-refractivity contribution < 1.29 is 24.2 Å². The van der Waals surface area contributed by atoms with E-state index in [1.54, 1.807) is 0 Å². The molecule has 12 heavy (non-hydrogen) atoms. The molecule has 0 aromatic heterocycles. The van der Waals surface area contributed by atoms with Gasteiger partial charge < -0.3 is 19.6 Å². The maximum Gasteiger partial charge on any atom is 0.328 e. The average molecular weight is 196 g/mol. The van der Waals surface area contributed by atoms with Gasteiger partial charge in [-0.3, -0.25) is 4.57 Å². The Kier molecular flexibility index (Phi) is 3.26. The fraction of sp³-hybridized carbons (Fsp3) is 1.00. The van der Waals surface area contributed by atoms with Crippen LogP contribution in [-0.4, -0.2) is 39.9 Å². The van der Waals surface area contributed by atoms with Gasteiger partial charge >= 0.3 is 7.60 Å². The highest BCUT2D eigenvalue weighted by atomic mass is 31.2. The minimum atomic E-state index is -3.96. The summed E-state index contributed by atoms with van der Waals surface area (Å²) in [6, 6.07) is 0. The molecule has 1 aliphatic rings. The van der Waals surface area contributed by atoms with Crippen molar-refractivity contribution in [3.8, 4) is 0 Å². The molecule has 1 rings (SSSR count). The molecule has 1 aliphatic heterocycles. The van der Waals surface area contributed by atoms with Gasteiger partial charge in [-0.1, -0.05) is 0 Å². The SMILES string of the molecule is O=P(O)(O)C[C@@H]1CC[C@H](CO)O1. The second-order valence-corrected chi connectivity index (χ2v) is 4.68. The predicted molar refractivity (Wildman–Crippen MR) is 41.9 cm³/mol. The zero-order chi connectivity index (χ0) is 9.19. The summed E-state index contributed by atoms with van der Waals surface area (Å²) in [6.45, 7) is -0.0718. The smallest absolute Gasteiger partial charge is 0.328 e. The molecule has 0 unspecified atom stereocenters. The third-order valence-electron chi connectivity index (χ3n) is 1.84. The lowest BCUT2D eigenvalue weighted by molar-refractivity contribution is 0.0195. The maximum absolute atomic E-state index is 10.5. The van der Waals surface area contributed by atoms with Crippen molar-refractivity contribution in [2.75, 3.05) is 12.8 Å². The van der Waals surface area contributed by atoms with Crippen LogP contribution in [-0.2, 0) is 9.30 Å². The molecule has 3 N–H and O–H groups in total. The van der Waals surface area contributed by atoms with Gasteiger partial charge in [-0.2, -0.15) is 0 Å². The Bertz CT molecular complexity index is 188. The fourth-order valence-corrected chi connectivity index (χ4v) is 2.11. The minimum absolute atomic E-state index is 0.0718.